The summed E-state index contributed by atoms with van der Waals surface area (Å²) in [6, 6.07) is 4.68. The number of carbonyl (C=O) groups is 1. The van der Waals surface area contributed by atoms with Crippen molar-refractivity contribution in [3.05, 3.63) is 29.6 Å². The first-order valence-corrected chi connectivity index (χ1v) is 6.76. The second-order valence-corrected chi connectivity index (χ2v) is 4.76. The standard InChI is InChI=1S/C15H22FNO3/c1-4-17(15(19)8-5-11(2)18)10-12-6-7-14(20-3)13(16)9-12/h6-7,9,11,18H,4-5,8,10H2,1-3H3. The largest absolute Gasteiger partial charge is 0.494 e. The zero-order valence-corrected chi connectivity index (χ0v) is 12.2. The molecular weight excluding hydrogens is 261 g/mol. The number of benzene rings is 1. The van der Waals surface area contributed by atoms with Crippen molar-refractivity contribution in [1.82, 2.24) is 4.90 Å². The topological polar surface area (TPSA) is 49.8 Å². The molecule has 0 aliphatic carbocycles. The number of nitrogens with zero attached hydrogens (tertiary/aromatic N) is 1. The molecule has 1 rings (SSSR count). The van der Waals surface area contributed by atoms with Gasteiger partial charge >= 0.3 is 0 Å². The number of halogens is 1. The van der Waals surface area contributed by atoms with Gasteiger partial charge in [-0.05, 0) is 38.0 Å². The van der Waals surface area contributed by atoms with Gasteiger partial charge in [0, 0.05) is 19.5 Å². The zero-order chi connectivity index (χ0) is 15.1. The fourth-order valence-corrected chi connectivity index (χ4v) is 1.90. The van der Waals surface area contributed by atoms with E-state index in [4.69, 9.17) is 4.74 Å². The minimum atomic E-state index is -0.490. The predicted octanol–water partition coefficient (Wildman–Crippen LogP) is 2.34. The number of hydrogen-bond acceptors (Lipinski definition) is 3. The van der Waals surface area contributed by atoms with Crippen LogP contribution in [0, 0.1) is 5.82 Å². The molecule has 1 N–H and O–H groups in total. The molecule has 20 heavy (non-hydrogen) atoms. The van der Waals surface area contributed by atoms with Crippen LogP contribution in [0.4, 0.5) is 4.39 Å². The van der Waals surface area contributed by atoms with Crippen LogP contribution >= 0.6 is 0 Å². The highest BCUT2D eigenvalue weighted by atomic mass is 19.1. The SMILES string of the molecule is CCN(Cc1ccc(OC)c(F)c1)C(=O)CCC(C)O. The van der Waals surface area contributed by atoms with Crippen LogP contribution in [-0.4, -0.2) is 35.7 Å². The van der Waals surface area contributed by atoms with Crippen molar-refractivity contribution in [2.24, 2.45) is 0 Å². The third kappa shape index (κ3) is 4.81. The van der Waals surface area contributed by atoms with Crippen molar-refractivity contribution in [3.8, 4) is 5.75 Å². The Bertz CT molecular complexity index is 449. The summed E-state index contributed by atoms with van der Waals surface area (Å²) in [7, 11) is 1.41. The first-order chi connectivity index (χ1) is 9.47. The van der Waals surface area contributed by atoms with Crippen molar-refractivity contribution < 1.29 is 19.0 Å². The molecule has 1 atom stereocenters. The average Bonchev–Trinajstić information content (AvgIpc) is 2.42. The predicted molar refractivity (Wildman–Crippen MR) is 75.0 cm³/mol. The minimum Gasteiger partial charge on any atom is -0.494 e. The van der Waals surface area contributed by atoms with Crippen LogP contribution in [0.25, 0.3) is 0 Å². The number of aliphatic hydroxyl groups is 1. The monoisotopic (exact) mass is 283 g/mol. The second kappa shape index (κ2) is 7.85. The molecule has 0 heterocycles. The average molecular weight is 283 g/mol. The van der Waals surface area contributed by atoms with E-state index in [1.54, 1.807) is 24.0 Å². The molecule has 112 valence electrons. The van der Waals surface area contributed by atoms with Gasteiger partial charge in [0.2, 0.25) is 5.91 Å². The number of carbonyl (C=O) groups excluding carboxylic acids is 1. The summed E-state index contributed by atoms with van der Waals surface area (Å²) in [5.41, 5.74) is 0.718. The molecule has 4 nitrogen and oxygen atoms in total. The van der Waals surface area contributed by atoms with Crippen molar-refractivity contribution >= 4 is 5.91 Å². The van der Waals surface area contributed by atoms with Gasteiger partial charge in [0.05, 0.1) is 13.2 Å². The lowest BCUT2D eigenvalue weighted by atomic mass is 10.1. The summed E-state index contributed by atoms with van der Waals surface area (Å²) in [5.74, 6) is -0.278. The Balaban J connectivity index is 2.68. The molecule has 1 amide bonds. The van der Waals surface area contributed by atoms with Crippen LogP contribution in [0.5, 0.6) is 5.75 Å². The molecule has 0 saturated carbocycles. The zero-order valence-electron chi connectivity index (χ0n) is 12.2. The molecule has 0 radical (unpaired) electrons. The van der Waals surface area contributed by atoms with Crippen LogP contribution in [0.15, 0.2) is 18.2 Å². The van der Waals surface area contributed by atoms with Gasteiger partial charge in [-0.2, -0.15) is 0 Å². The molecule has 0 aliphatic heterocycles. The van der Waals surface area contributed by atoms with Crippen molar-refractivity contribution in [1.29, 1.82) is 0 Å². The van der Waals surface area contributed by atoms with Gasteiger partial charge in [0.1, 0.15) is 0 Å². The van der Waals surface area contributed by atoms with Gasteiger partial charge < -0.3 is 14.7 Å². The van der Waals surface area contributed by atoms with E-state index in [9.17, 15) is 14.3 Å². The Labute approximate surface area is 119 Å². The van der Waals surface area contributed by atoms with Crippen LogP contribution in [-0.2, 0) is 11.3 Å². The Morgan fingerprint density at radius 2 is 2.20 bits per heavy atom. The van der Waals surface area contributed by atoms with E-state index in [1.165, 1.54) is 13.2 Å². The maximum absolute atomic E-state index is 13.6. The number of methoxy groups -OCH3 is 1. The number of hydrogen-bond donors (Lipinski definition) is 1. The summed E-state index contributed by atoms with van der Waals surface area (Å²) in [6.07, 6.45) is 0.243. The van der Waals surface area contributed by atoms with Gasteiger partial charge in [0.25, 0.3) is 0 Å². The summed E-state index contributed by atoms with van der Waals surface area (Å²) < 4.78 is 18.5. The van der Waals surface area contributed by atoms with E-state index in [0.717, 1.165) is 5.56 Å². The normalized spacial score (nSPS) is 12.1. The Kier molecular flexibility index (Phi) is 6.45. The minimum absolute atomic E-state index is 0.0374. The Morgan fingerprint density at radius 3 is 2.70 bits per heavy atom. The quantitative estimate of drug-likeness (QED) is 0.835. The fraction of sp³-hybridized carbons (Fsp3) is 0.533. The van der Waals surface area contributed by atoms with E-state index in [-0.39, 0.29) is 11.7 Å². The van der Waals surface area contributed by atoms with Crippen LogP contribution in [0.2, 0.25) is 0 Å². The highest BCUT2D eigenvalue weighted by molar-refractivity contribution is 5.76. The van der Waals surface area contributed by atoms with Gasteiger partial charge in [0.15, 0.2) is 11.6 Å². The fourth-order valence-electron chi connectivity index (χ4n) is 1.90. The van der Waals surface area contributed by atoms with E-state index >= 15 is 0 Å². The maximum atomic E-state index is 13.6. The lowest BCUT2D eigenvalue weighted by Gasteiger charge is -2.21. The summed E-state index contributed by atoms with van der Waals surface area (Å²) in [4.78, 5) is 13.6. The summed E-state index contributed by atoms with van der Waals surface area (Å²) in [6.45, 7) is 4.44. The first kappa shape index (κ1) is 16.4. The van der Waals surface area contributed by atoms with E-state index in [0.29, 0.717) is 25.9 Å². The van der Waals surface area contributed by atoms with E-state index < -0.39 is 11.9 Å². The van der Waals surface area contributed by atoms with Gasteiger partial charge in [-0.15, -0.1) is 0 Å². The summed E-state index contributed by atoms with van der Waals surface area (Å²) >= 11 is 0. The highest BCUT2D eigenvalue weighted by Crippen LogP contribution is 2.19. The molecule has 0 saturated heterocycles. The molecular formula is C15H22FNO3. The van der Waals surface area contributed by atoms with Crippen LogP contribution in [0.1, 0.15) is 32.3 Å². The molecule has 1 aromatic carbocycles. The number of rotatable bonds is 7. The number of ether oxygens (including phenoxy) is 1. The van der Waals surface area contributed by atoms with Crippen LogP contribution in [0.3, 0.4) is 0 Å². The molecule has 0 fully saturated rings. The second-order valence-electron chi connectivity index (χ2n) is 4.76. The van der Waals surface area contributed by atoms with Crippen molar-refractivity contribution in [3.63, 3.8) is 0 Å². The van der Waals surface area contributed by atoms with Gasteiger partial charge in [-0.25, -0.2) is 4.39 Å². The van der Waals surface area contributed by atoms with Crippen molar-refractivity contribution in [2.75, 3.05) is 13.7 Å². The molecule has 1 aromatic rings. The third-order valence-corrected chi connectivity index (χ3v) is 3.10. The lowest BCUT2D eigenvalue weighted by Crippen LogP contribution is -2.30. The summed E-state index contributed by atoms with van der Waals surface area (Å²) in [5, 5.41) is 9.21. The van der Waals surface area contributed by atoms with Crippen molar-refractivity contribution in [2.45, 2.75) is 39.3 Å². The Morgan fingerprint density at radius 1 is 1.50 bits per heavy atom. The van der Waals surface area contributed by atoms with Gasteiger partial charge in [-0.1, -0.05) is 6.07 Å². The number of aliphatic hydroxyl groups excluding tert-OH is 1. The number of amides is 1. The van der Waals surface area contributed by atoms with Gasteiger partial charge in [-0.3, -0.25) is 4.79 Å². The maximum Gasteiger partial charge on any atom is 0.222 e. The molecule has 0 aliphatic rings. The van der Waals surface area contributed by atoms with E-state index in [2.05, 4.69) is 0 Å². The molecule has 0 spiro atoms. The highest BCUT2D eigenvalue weighted by Gasteiger charge is 2.14. The molecule has 1 unspecified atom stereocenters. The third-order valence-electron chi connectivity index (χ3n) is 3.10. The molecule has 0 aromatic heterocycles. The molecule has 5 heteroatoms. The smallest absolute Gasteiger partial charge is 0.222 e. The lowest BCUT2D eigenvalue weighted by molar-refractivity contribution is -0.132. The first-order valence-electron chi connectivity index (χ1n) is 6.76. The molecule has 0 bridgehead atoms. The van der Waals surface area contributed by atoms with Crippen LogP contribution < -0.4 is 4.74 Å². The van der Waals surface area contributed by atoms with E-state index in [1.807, 2.05) is 6.92 Å². The Hall–Kier alpha value is -1.62.